The Morgan fingerprint density at radius 1 is 1.17 bits per heavy atom. The minimum Gasteiger partial charge on any atom is -0.452 e. The molecular weight excluding hydrogens is 390 g/mol. The lowest BCUT2D eigenvalue weighted by Crippen LogP contribution is -2.30. The molecule has 1 amide bonds. The molecule has 0 aliphatic carbocycles. The number of nitrogens with one attached hydrogen (secondary N) is 1. The summed E-state index contributed by atoms with van der Waals surface area (Å²) in [6, 6.07) is 15.1. The lowest BCUT2D eigenvalue weighted by atomic mass is 10.1. The second-order valence-electron chi connectivity index (χ2n) is 5.10. The summed E-state index contributed by atoms with van der Waals surface area (Å²) in [4.78, 5) is 24.7. The quantitative estimate of drug-likeness (QED) is 0.430. The monoisotopic (exact) mass is 407 g/mol. The first-order chi connectivity index (χ1) is 11.5. The minimum absolute atomic E-state index is 0.268. The molecule has 2 aromatic carbocycles. The highest BCUT2D eigenvalue weighted by Crippen LogP contribution is 2.19. The van der Waals surface area contributed by atoms with Crippen molar-refractivity contribution in [2.75, 3.05) is 18.9 Å². The number of esters is 1. The maximum Gasteiger partial charge on any atom is 0.338 e. The van der Waals surface area contributed by atoms with Crippen molar-refractivity contribution in [3.05, 3.63) is 64.1 Å². The van der Waals surface area contributed by atoms with Crippen molar-refractivity contribution in [3.8, 4) is 0 Å². The Kier molecular flexibility index (Phi) is 7.34. The van der Waals surface area contributed by atoms with Crippen LogP contribution in [0.1, 0.15) is 15.9 Å². The van der Waals surface area contributed by atoms with E-state index in [2.05, 4.69) is 21.2 Å². The van der Waals surface area contributed by atoms with E-state index in [1.54, 1.807) is 30.0 Å². The molecule has 6 heteroatoms. The van der Waals surface area contributed by atoms with Gasteiger partial charge >= 0.3 is 5.97 Å². The predicted octanol–water partition coefficient (Wildman–Crippen LogP) is 3.82. The lowest BCUT2D eigenvalue weighted by molar-refractivity contribution is -0.124. The van der Waals surface area contributed by atoms with E-state index in [0.717, 1.165) is 20.7 Å². The Hall–Kier alpha value is -1.79. The Morgan fingerprint density at radius 2 is 1.92 bits per heavy atom. The van der Waals surface area contributed by atoms with Crippen molar-refractivity contribution in [1.29, 1.82) is 0 Å². The van der Waals surface area contributed by atoms with Gasteiger partial charge in [0.1, 0.15) is 0 Å². The highest BCUT2D eigenvalue weighted by atomic mass is 79.9. The van der Waals surface area contributed by atoms with Crippen molar-refractivity contribution < 1.29 is 14.3 Å². The van der Waals surface area contributed by atoms with Gasteiger partial charge in [0, 0.05) is 21.7 Å². The molecular formula is C18H18BrNO3S. The summed E-state index contributed by atoms with van der Waals surface area (Å²) in [6.45, 7) is 2.14. The molecule has 4 nitrogen and oxygen atoms in total. The van der Waals surface area contributed by atoms with Gasteiger partial charge in [-0.3, -0.25) is 4.79 Å². The van der Waals surface area contributed by atoms with E-state index < -0.39 is 5.97 Å². The Morgan fingerprint density at radius 3 is 2.62 bits per heavy atom. The normalized spacial score (nSPS) is 10.2. The van der Waals surface area contributed by atoms with E-state index in [4.69, 9.17) is 4.74 Å². The van der Waals surface area contributed by atoms with E-state index in [-0.39, 0.29) is 12.5 Å². The van der Waals surface area contributed by atoms with E-state index >= 15 is 0 Å². The Balaban J connectivity index is 1.64. The van der Waals surface area contributed by atoms with Crippen LogP contribution in [0.4, 0.5) is 0 Å². The fourth-order valence-electron chi connectivity index (χ4n) is 1.93. The molecule has 126 valence electrons. The molecule has 0 heterocycles. The fourth-order valence-corrected chi connectivity index (χ4v) is 2.96. The van der Waals surface area contributed by atoms with Crippen LogP contribution in [-0.4, -0.2) is 30.8 Å². The average Bonchev–Trinajstić information content (AvgIpc) is 2.58. The second kappa shape index (κ2) is 9.49. The number of halogens is 1. The Bertz CT molecular complexity index is 704. The SMILES string of the molecule is Cc1cccc(C(=O)OCC(=O)NCCSc2ccc(Br)cc2)c1. The number of benzene rings is 2. The van der Waals surface area contributed by atoms with E-state index in [1.807, 2.05) is 37.3 Å². The minimum atomic E-state index is -0.488. The molecule has 0 aliphatic heterocycles. The zero-order valence-corrected chi connectivity index (χ0v) is 15.7. The van der Waals surface area contributed by atoms with Gasteiger partial charge < -0.3 is 10.1 Å². The summed E-state index contributed by atoms with van der Waals surface area (Å²) in [7, 11) is 0. The molecule has 24 heavy (non-hydrogen) atoms. The van der Waals surface area contributed by atoms with Gasteiger partial charge in [-0.05, 0) is 43.3 Å². The molecule has 0 atom stereocenters. The first kappa shape index (κ1) is 18.5. The Labute approximate surface area is 154 Å². The van der Waals surface area contributed by atoms with Gasteiger partial charge in [0.25, 0.3) is 5.91 Å². The molecule has 0 radical (unpaired) electrons. The van der Waals surface area contributed by atoms with Crippen molar-refractivity contribution in [2.24, 2.45) is 0 Å². The second-order valence-corrected chi connectivity index (χ2v) is 7.18. The third kappa shape index (κ3) is 6.37. The number of carbonyl (C=O) groups is 2. The lowest BCUT2D eigenvalue weighted by Gasteiger charge is -2.07. The average molecular weight is 408 g/mol. The highest BCUT2D eigenvalue weighted by molar-refractivity contribution is 9.10. The number of rotatable bonds is 7. The molecule has 2 rings (SSSR count). The summed E-state index contributed by atoms with van der Waals surface area (Å²) < 4.78 is 6.05. The molecule has 0 aliphatic rings. The van der Waals surface area contributed by atoms with Crippen LogP contribution in [-0.2, 0) is 9.53 Å². The molecule has 1 N–H and O–H groups in total. The van der Waals surface area contributed by atoms with Gasteiger partial charge in [-0.1, -0.05) is 33.6 Å². The summed E-state index contributed by atoms with van der Waals surface area (Å²) >= 11 is 5.04. The van der Waals surface area contributed by atoms with Crippen molar-refractivity contribution in [2.45, 2.75) is 11.8 Å². The molecule has 0 unspecified atom stereocenters. The number of hydrogen-bond donors (Lipinski definition) is 1. The van der Waals surface area contributed by atoms with Crippen LogP contribution in [0.25, 0.3) is 0 Å². The maximum absolute atomic E-state index is 11.8. The van der Waals surface area contributed by atoms with Gasteiger partial charge in [-0.2, -0.15) is 0 Å². The molecule has 0 saturated heterocycles. The zero-order chi connectivity index (χ0) is 17.4. The van der Waals surface area contributed by atoms with Gasteiger partial charge in [0.05, 0.1) is 5.56 Å². The molecule has 0 spiro atoms. The maximum atomic E-state index is 11.8. The summed E-state index contributed by atoms with van der Waals surface area (Å²) in [5.41, 5.74) is 1.42. The third-order valence-electron chi connectivity index (χ3n) is 3.09. The fraction of sp³-hybridized carbons (Fsp3) is 0.222. The van der Waals surface area contributed by atoms with Crippen LogP contribution in [0.3, 0.4) is 0 Å². The topological polar surface area (TPSA) is 55.4 Å². The first-order valence-electron chi connectivity index (χ1n) is 7.43. The molecule has 0 fully saturated rings. The van der Waals surface area contributed by atoms with Crippen LogP contribution >= 0.6 is 27.7 Å². The van der Waals surface area contributed by atoms with Crippen LogP contribution in [0.2, 0.25) is 0 Å². The van der Waals surface area contributed by atoms with Crippen LogP contribution in [0.5, 0.6) is 0 Å². The smallest absolute Gasteiger partial charge is 0.338 e. The highest BCUT2D eigenvalue weighted by Gasteiger charge is 2.09. The summed E-state index contributed by atoms with van der Waals surface area (Å²) in [6.07, 6.45) is 0. The van der Waals surface area contributed by atoms with E-state index in [1.165, 1.54) is 0 Å². The summed E-state index contributed by atoms with van der Waals surface area (Å²) in [5.74, 6) is -0.0374. The molecule has 0 aromatic heterocycles. The third-order valence-corrected chi connectivity index (χ3v) is 4.64. The number of carbonyl (C=O) groups excluding carboxylic acids is 2. The van der Waals surface area contributed by atoms with Crippen molar-refractivity contribution >= 4 is 39.6 Å². The summed E-state index contributed by atoms with van der Waals surface area (Å²) in [5, 5.41) is 2.74. The van der Waals surface area contributed by atoms with Gasteiger partial charge in [-0.25, -0.2) is 4.79 Å². The van der Waals surface area contributed by atoms with Crippen molar-refractivity contribution in [3.63, 3.8) is 0 Å². The van der Waals surface area contributed by atoms with Crippen LogP contribution in [0, 0.1) is 6.92 Å². The largest absolute Gasteiger partial charge is 0.452 e. The molecule has 0 saturated carbocycles. The van der Waals surface area contributed by atoms with E-state index in [9.17, 15) is 9.59 Å². The number of aryl methyl sites for hydroxylation is 1. The standard InChI is InChI=1S/C18H18BrNO3S/c1-13-3-2-4-14(11-13)18(22)23-12-17(21)20-9-10-24-16-7-5-15(19)6-8-16/h2-8,11H,9-10,12H2,1H3,(H,20,21). The van der Waals surface area contributed by atoms with Crippen molar-refractivity contribution in [1.82, 2.24) is 5.32 Å². The van der Waals surface area contributed by atoms with Crippen LogP contribution < -0.4 is 5.32 Å². The van der Waals surface area contributed by atoms with Crippen LogP contribution in [0.15, 0.2) is 57.9 Å². The number of ether oxygens (including phenoxy) is 1. The van der Waals surface area contributed by atoms with Gasteiger partial charge in [-0.15, -0.1) is 11.8 Å². The number of thioether (sulfide) groups is 1. The van der Waals surface area contributed by atoms with E-state index in [0.29, 0.717) is 12.1 Å². The van der Waals surface area contributed by atoms with Gasteiger partial charge in [0.2, 0.25) is 0 Å². The number of hydrogen-bond acceptors (Lipinski definition) is 4. The predicted molar refractivity (Wildman–Crippen MR) is 99.3 cm³/mol. The molecule has 0 bridgehead atoms. The zero-order valence-electron chi connectivity index (χ0n) is 13.3. The van der Waals surface area contributed by atoms with Gasteiger partial charge in [0.15, 0.2) is 6.61 Å². The molecule has 2 aromatic rings. The first-order valence-corrected chi connectivity index (χ1v) is 9.21. The number of amides is 1.